The van der Waals surface area contributed by atoms with E-state index in [0.29, 0.717) is 6.42 Å². The fourth-order valence-electron chi connectivity index (χ4n) is 1.28. The van der Waals surface area contributed by atoms with Gasteiger partial charge in [-0.1, -0.05) is 37.7 Å². The van der Waals surface area contributed by atoms with Gasteiger partial charge in [-0.15, -0.1) is 0 Å². The number of aliphatic carboxylic acids is 1. The zero-order valence-corrected chi connectivity index (χ0v) is 8.52. The summed E-state index contributed by atoms with van der Waals surface area (Å²) in [5.74, 6) is -0.905. The highest BCUT2D eigenvalue weighted by Gasteiger charge is 2.10. The van der Waals surface area contributed by atoms with Crippen LogP contribution < -0.4 is 0 Å². The number of hydrogen-bond donors (Lipinski definition) is 1. The third kappa shape index (κ3) is 7.43. The van der Waals surface area contributed by atoms with Gasteiger partial charge in [-0.05, 0) is 12.0 Å². The van der Waals surface area contributed by atoms with Gasteiger partial charge < -0.3 is 5.11 Å². The minimum atomic E-state index is -0.905. The zero-order chi connectivity index (χ0) is 10.8. The monoisotopic (exact) mass is 199 g/mol. The molecule has 0 rings (SSSR count). The van der Waals surface area contributed by atoms with Gasteiger partial charge in [-0.3, -0.25) is 4.79 Å². The quantitative estimate of drug-likeness (QED) is 0.282. The van der Waals surface area contributed by atoms with Crippen LogP contribution in [0.25, 0.3) is 10.4 Å². The number of carboxylic acids is 1. The first-order valence-corrected chi connectivity index (χ1v) is 4.96. The van der Waals surface area contributed by atoms with Gasteiger partial charge >= 0.3 is 5.97 Å². The van der Waals surface area contributed by atoms with Crippen molar-refractivity contribution in [1.29, 1.82) is 0 Å². The molecule has 0 saturated carbocycles. The molecule has 0 aromatic rings. The van der Waals surface area contributed by atoms with Crippen LogP contribution in [0.1, 0.15) is 45.4 Å². The highest BCUT2D eigenvalue weighted by molar-refractivity contribution is 5.67. The summed E-state index contributed by atoms with van der Waals surface area (Å²) < 4.78 is 0. The lowest BCUT2D eigenvalue weighted by Gasteiger charge is -2.06. The molecule has 0 radical (unpaired) electrons. The van der Waals surface area contributed by atoms with Crippen molar-refractivity contribution in [3.63, 3.8) is 0 Å². The third-order valence-electron chi connectivity index (χ3n) is 2.02. The Morgan fingerprint density at radius 2 is 2.21 bits per heavy atom. The molecule has 0 aromatic heterocycles. The zero-order valence-electron chi connectivity index (χ0n) is 8.52. The Hall–Kier alpha value is -1.22. The van der Waals surface area contributed by atoms with Crippen LogP contribution in [0.4, 0.5) is 0 Å². The lowest BCUT2D eigenvalue weighted by molar-refractivity contribution is -0.137. The molecule has 0 fully saturated rings. The number of carbonyl (C=O) groups is 1. The summed E-state index contributed by atoms with van der Waals surface area (Å²) in [6, 6.07) is -0.380. The van der Waals surface area contributed by atoms with E-state index in [2.05, 4.69) is 16.9 Å². The Balaban J connectivity index is 3.73. The molecule has 0 aliphatic heterocycles. The number of rotatable bonds is 8. The predicted molar refractivity (Wildman–Crippen MR) is 53.9 cm³/mol. The number of azide groups is 1. The van der Waals surface area contributed by atoms with Gasteiger partial charge in [0.1, 0.15) is 0 Å². The van der Waals surface area contributed by atoms with E-state index in [1.807, 2.05) is 0 Å². The minimum Gasteiger partial charge on any atom is -0.481 e. The smallest absolute Gasteiger partial charge is 0.303 e. The van der Waals surface area contributed by atoms with Crippen LogP contribution in [0.15, 0.2) is 5.11 Å². The van der Waals surface area contributed by atoms with Crippen molar-refractivity contribution in [2.45, 2.75) is 51.5 Å². The highest BCUT2D eigenvalue weighted by atomic mass is 16.4. The second-order valence-electron chi connectivity index (χ2n) is 3.31. The summed E-state index contributed by atoms with van der Waals surface area (Å²) in [6.45, 7) is 2.11. The molecule has 80 valence electrons. The van der Waals surface area contributed by atoms with Crippen LogP contribution >= 0.6 is 0 Å². The summed E-state index contributed by atoms with van der Waals surface area (Å²) >= 11 is 0. The van der Waals surface area contributed by atoms with Crippen molar-refractivity contribution in [2.75, 3.05) is 0 Å². The molecular formula is C9H17N3O2. The number of nitrogens with zero attached hydrogens (tertiary/aromatic N) is 3. The van der Waals surface area contributed by atoms with Crippen LogP contribution in [0.5, 0.6) is 0 Å². The molecule has 0 amide bonds. The fourth-order valence-corrected chi connectivity index (χ4v) is 1.28. The molecule has 1 N–H and O–H groups in total. The van der Waals surface area contributed by atoms with Gasteiger partial charge in [0.05, 0.1) is 6.42 Å². The standard InChI is InChI=1S/C9H17N3O2/c1-2-3-4-5-6-8(11-12-10)7-9(13)14/h8H,2-7H2,1H3,(H,13,14). The van der Waals surface area contributed by atoms with Crippen molar-refractivity contribution < 1.29 is 9.90 Å². The van der Waals surface area contributed by atoms with Crippen molar-refractivity contribution in [3.8, 4) is 0 Å². The Morgan fingerprint density at radius 3 is 2.71 bits per heavy atom. The molecular weight excluding hydrogens is 182 g/mol. The molecule has 1 atom stereocenters. The van der Waals surface area contributed by atoms with E-state index in [-0.39, 0.29) is 12.5 Å². The van der Waals surface area contributed by atoms with E-state index in [1.165, 1.54) is 0 Å². The Kier molecular flexibility index (Phi) is 7.65. The third-order valence-corrected chi connectivity index (χ3v) is 2.02. The summed E-state index contributed by atoms with van der Waals surface area (Å²) in [5, 5.41) is 12.0. The van der Waals surface area contributed by atoms with Crippen LogP contribution in [-0.2, 0) is 4.79 Å². The largest absolute Gasteiger partial charge is 0.481 e. The lowest BCUT2D eigenvalue weighted by atomic mass is 10.1. The minimum absolute atomic E-state index is 0.0593. The molecule has 0 aromatic carbocycles. The lowest BCUT2D eigenvalue weighted by Crippen LogP contribution is -2.10. The van der Waals surface area contributed by atoms with Crippen LogP contribution in [-0.4, -0.2) is 17.1 Å². The van der Waals surface area contributed by atoms with Crippen molar-refractivity contribution >= 4 is 5.97 Å². The molecule has 0 saturated heterocycles. The second-order valence-corrected chi connectivity index (χ2v) is 3.31. The van der Waals surface area contributed by atoms with Gasteiger partial charge in [-0.25, -0.2) is 0 Å². The Bertz CT molecular complexity index is 212. The maximum atomic E-state index is 10.4. The normalized spacial score (nSPS) is 11.8. The molecule has 0 bridgehead atoms. The van der Waals surface area contributed by atoms with Gasteiger partial charge in [0.15, 0.2) is 0 Å². The van der Waals surface area contributed by atoms with Crippen molar-refractivity contribution in [3.05, 3.63) is 10.4 Å². The molecule has 0 spiro atoms. The van der Waals surface area contributed by atoms with Gasteiger partial charge in [0, 0.05) is 11.0 Å². The van der Waals surface area contributed by atoms with Gasteiger partial charge in [-0.2, -0.15) is 0 Å². The van der Waals surface area contributed by atoms with Crippen molar-refractivity contribution in [2.24, 2.45) is 5.11 Å². The second kappa shape index (κ2) is 8.38. The Morgan fingerprint density at radius 1 is 1.50 bits per heavy atom. The molecule has 0 heterocycles. The van der Waals surface area contributed by atoms with Crippen LogP contribution in [0.2, 0.25) is 0 Å². The summed E-state index contributed by atoms with van der Waals surface area (Å²) in [7, 11) is 0. The molecule has 0 aliphatic carbocycles. The number of unbranched alkanes of at least 4 members (excludes halogenated alkanes) is 3. The Labute approximate surface area is 83.7 Å². The molecule has 5 heteroatoms. The molecule has 0 aliphatic rings. The molecule has 5 nitrogen and oxygen atoms in total. The summed E-state index contributed by atoms with van der Waals surface area (Å²) in [5.41, 5.74) is 8.22. The van der Waals surface area contributed by atoms with Crippen molar-refractivity contribution in [1.82, 2.24) is 0 Å². The first kappa shape index (κ1) is 12.8. The maximum Gasteiger partial charge on any atom is 0.303 e. The fraction of sp³-hybridized carbons (Fsp3) is 0.889. The molecule has 14 heavy (non-hydrogen) atoms. The van der Waals surface area contributed by atoms with Gasteiger partial charge in [0.2, 0.25) is 0 Å². The van der Waals surface area contributed by atoms with E-state index in [0.717, 1.165) is 25.7 Å². The maximum absolute atomic E-state index is 10.4. The highest BCUT2D eigenvalue weighted by Crippen LogP contribution is 2.11. The first-order chi connectivity index (χ1) is 6.70. The molecule has 1 unspecified atom stereocenters. The van der Waals surface area contributed by atoms with Crippen LogP contribution in [0, 0.1) is 0 Å². The number of carboxylic acid groups (broad SMARTS) is 1. The van der Waals surface area contributed by atoms with E-state index < -0.39 is 5.97 Å². The topological polar surface area (TPSA) is 86.1 Å². The summed E-state index contributed by atoms with van der Waals surface area (Å²) in [6.07, 6.45) is 4.92. The number of hydrogen-bond acceptors (Lipinski definition) is 2. The van der Waals surface area contributed by atoms with Gasteiger partial charge in [0.25, 0.3) is 0 Å². The predicted octanol–water partition coefficient (Wildman–Crippen LogP) is 3.11. The summed E-state index contributed by atoms with van der Waals surface area (Å²) in [4.78, 5) is 13.0. The van der Waals surface area contributed by atoms with E-state index in [4.69, 9.17) is 10.6 Å². The van der Waals surface area contributed by atoms with E-state index in [9.17, 15) is 4.79 Å². The van der Waals surface area contributed by atoms with Crippen LogP contribution in [0.3, 0.4) is 0 Å². The average Bonchev–Trinajstić information content (AvgIpc) is 2.12. The van der Waals surface area contributed by atoms with E-state index in [1.54, 1.807) is 0 Å². The average molecular weight is 199 g/mol. The first-order valence-electron chi connectivity index (χ1n) is 4.96. The van der Waals surface area contributed by atoms with E-state index >= 15 is 0 Å². The SMILES string of the molecule is CCCCCCC(CC(=O)O)N=[N+]=[N-].